The Kier molecular flexibility index (Phi) is 5.84. The van der Waals surface area contributed by atoms with Crippen LogP contribution in [0.1, 0.15) is 10.4 Å². The van der Waals surface area contributed by atoms with Gasteiger partial charge in [-0.15, -0.1) is 11.3 Å². The van der Waals surface area contributed by atoms with Crippen molar-refractivity contribution in [2.75, 3.05) is 25.2 Å². The summed E-state index contributed by atoms with van der Waals surface area (Å²) in [5, 5.41) is 5.20. The minimum absolute atomic E-state index is 0.0723. The van der Waals surface area contributed by atoms with Crippen molar-refractivity contribution in [2.45, 2.75) is 6.92 Å². The van der Waals surface area contributed by atoms with Crippen LogP contribution in [0.15, 0.2) is 51.8 Å². The van der Waals surface area contributed by atoms with Gasteiger partial charge in [-0.05, 0) is 30.5 Å². The van der Waals surface area contributed by atoms with Crippen molar-refractivity contribution in [2.24, 2.45) is 15.9 Å². The third-order valence-electron chi connectivity index (χ3n) is 4.86. The predicted molar refractivity (Wildman–Crippen MR) is 123 cm³/mol. The Hall–Kier alpha value is -3.11. The van der Waals surface area contributed by atoms with Gasteiger partial charge in [0, 0.05) is 5.69 Å². The largest absolute Gasteiger partial charge is 0.445 e. The smallest absolute Gasteiger partial charge is 0.325 e. The molecule has 2 aliphatic heterocycles. The Morgan fingerprint density at radius 3 is 2.65 bits per heavy atom. The van der Waals surface area contributed by atoms with Crippen molar-refractivity contribution in [3.8, 4) is 0 Å². The Morgan fingerprint density at radius 2 is 1.97 bits per heavy atom. The third kappa shape index (κ3) is 4.21. The fourth-order valence-corrected chi connectivity index (χ4v) is 4.71. The molecule has 2 aliphatic rings. The maximum atomic E-state index is 12.9. The number of imide groups is 1. The topological polar surface area (TPSA) is 94.2 Å². The Bertz CT molecular complexity index is 1150. The van der Waals surface area contributed by atoms with Crippen LogP contribution in [0, 0.1) is 12.8 Å². The summed E-state index contributed by atoms with van der Waals surface area (Å²) >= 11 is 2.64. The molecule has 0 radical (unpaired) electrons. The highest BCUT2D eigenvalue weighted by molar-refractivity contribution is 8.14. The summed E-state index contributed by atoms with van der Waals surface area (Å²) in [6.45, 7) is 1.98. The summed E-state index contributed by atoms with van der Waals surface area (Å²) in [5.74, 6) is -0.596. The Morgan fingerprint density at radius 1 is 1.23 bits per heavy atom. The summed E-state index contributed by atoms with van der Waals surface area (Å²) < 4.78 is 1.36. The summed E-state index contributed by atoms with van der Waals surface area (Å²) in [5.41, 5.74) is 1.81. The van der Waals surface area contributed by atoms with Gasteiger partial charge in [0.05, 0.1) is 24.7 Å². The molecule has 0 bridgehead atoms. The zero-order valence-corrected chi connectivity index (χ0v) is 18.8. The number of aliphatic imine (C=N–C) groups is 2. The average molecular weight is 455 g/mol. The van der Waals surface area contributed by atoms with E-state index in [2.05, 4.69) is 15.3 Å². The van der Waals surface area contributed by atoms with Crippen molar-refractivity contribution >= 4 is 63.3 Å². The lowest BCUT2D eigenvalue weighted by Gasteiger charge is -2.26. The molecular formula is C21H20N5O3S2+. The lowest BCUT2D eigenvalue weighted by Crippen LogP contribution is -2.54. The van der Waals surface area contributed by atoms with Gasteiger partial charge in [0.1, 0.15) is 5.04 Å². The number of aryl methyl sites for hydroxylation is 1. The lowest BCUT2D eigenvalue weighted by molar-refractivity contribution is -0.407. The van der Waals surface area contributed by atoms with Crippen molar-refractivity contribution in [1.29, 1.82) is 0 Å². The van der Waals surface area contributed by atoms with Crippen LogP contribution in [-0.4, -0.2) is 63.9 Å². The van der Waals surface area contributed by atoms with Gasteiger partial charge in [0.25, 0.3) is 5.84 Å². The number of carbonyl (C=O) groups excluding carboxylic acids is 3. The Balaban J connectivity index is 1.60. The van der Waals surface area contributed by atoms with Crippen LogP contribution >= 0.6 is 23.1 Å². The van der Waals surface area contributed by atoms with Crippen LogP contribution in [0.5, 0.6) is 0 Å². The molecule has 1 aromatic heterocycles. The monoisotopic (exact) mass is 454 g/mol. The van der Waals surface area contributed by atoms with E-state index in [1.165, 1.54) is 34.7 Å². The molecule has 0 fully saturated rings. The average Bonchev–Trinajstić information content (AvgIpc) is 3.31. The number of anilines is 1. The number of benzene rings is 1. The number of hydrogen-bond acceptors (Lipinski definition) is 7. The molecule has 0 saturated heterocycles. The van der Waals surface area contributed by atoms with Crippen LogP contribution in [0.2, 0.25) is 0 Å². The second-order valence-corrected chi connectivity index (χ2v) is 9.04. The maximum Gasteiger partial charge on any atom is 0.445 e. The number of rotatable bonds is 4. The molecule has 2 aromatic rings. The fraction of sp³-hybridized carbons (Fsp3) is 0.238. The molecule has 1 aromatic carbocycles. The molecule has 1 atom stereocenters. The van der Waals surface area contributed by atoms with Crippen molar-refractivity contribution < 1.29 is 19.0 Å². The number of thioether (sulfide) groups is 1. The van der Waals surface area contributed by atoms with Crippen LogP contribution in [0.4, 0.5) is 10.5 Å². The molecule has 0 aliphatic carbocycles. The second kappa shape index (κ2) is 8.56. The van der Waals surface area contributed by atoms with Gasteiger partial charge in [-0.3, -0.25) is 9.59 Å². The number of amides is 4. The highest BCUT2D eigenvalue weighted by Crippen LogP contribution is 2.27. The first-order chi connectivity index (χ1) is 14.8. The molecule has 4 rings (SSSR count). The highest BCUT2D eigenvalue weighted by Gasteiger charge is 2.49. The van der Waals surface area contributed by atoms with Crippen molar-refractivity contribution in [1.82, 2.24) is 4.90 Å². The van der Waals surface area contributed by atoms with Crippen LogP contribution in [0.25, 0.3) is 0 Å². The molecule has 1 unspecified atom stereocenters. The van der Waals surface area contributed by atoms with Gasteiger partial charge >= 0.3 is 11.9 Å². The lowest BCUT2D eigenvalue weighted by atomic mass is 10.0. The van der Waals surface area contributed by atoms with Crippen molar-refractivity contribution in [3.63, 3.8) is 0 Å². The molecule has 31 heavy (non-hydrogen) atoms. The standard InChI is InChI=1S/C21H19N5O3S2/c1-12-6-8-13(9-7-12)22-15(27)11-31-19-16-18(25(2)21(29)26(3)20(16)28)23-17(24-19)14-5-4-10-30-14/h4-10,16H,11H2,1-3H3/p+1. The third-order valence-corrected chi connectivity index (χ3v) is 6.76. The Labute approximate surface area is 187 Å². The van der Waals surface area contributed by atoms with E-state index in [-0.39, 0.29) is 11.7 Å². The predicted octanol–water partition coefficient (Wildman–Crippen LogP) is 2.84. The number of nitrogens with one attached hydrogen (secondary N) is 1. The molecule has 4 amide bonds. The fourth-order valence-electron chi connectivity index (χ4n) is 3.18. The van der Waals surface area contributed by atoms with Crippen LogP contribution < -0.4 is 5.32 Å². The summed E-state index contributed by atoms with van der Waals surface area (Å²) in [4.78, 5) is 48.8. The number of amidine groups is 2. The number of urea groups is 1. The van der Waals surface area contributed by atoms with Gasteiger partial charge in [-0.1, -0.05) is 40.5 Å². The van der Waals surface area contributed by atoms with E-state index in [1.807, 2.05) is 48.7 Å². The van der Waals surface area contributed by atoms with Gasteiger partial charge < -0.3 is 5.32 Å². The maximum absolute atomic E-state index is 12.9. The number of thiophene rings is 1. The number of carbonyl (C=O) groups is 3. The molecule has 8 nitrogen and oxygen atoms in total. The molecule has 0 spiro atoms. The summed E-state index contributed by atoms with van der Waals surface area (Å²) in [6, 6.07) is 10.8. The van der Waals surface area contributed by atoms with E-state index in [4.69, 9.17) is 0 Å². The van der Waals surface area contributed by atoms with Crippen molar-refractivity contribution in [3.05, 3.63) is 52.2 Å². The first-order valence-electron chi connectivity index (χ1n) is 9.47. The molecule has 3 heterocycles. The molecular weight excluding hydrogens is 434 g/mol. The normalized spacial score (nSPS) is 18.5. The second-order valence-electron chi connectivity index (χ2n) is 7.10. The van der Waals surface area contributed by atoms with Gasteiger partial charge in [0.2, 0.25) is 11.7 Å². The minimum Gasteiger partial charge on any atom is -0.325 e. The van der Waals surface area contributed by atoms with Crippen LogP contribution in [0.3, 0.4) is 0 Å². The molecule has 0 saturated carbocycles. The van der Waals surface area contributed by atoms with E-state index >= 15 is 0 Å². The minimum atomic E-state index is -0.811. The number of nitrogens with zero attached hydrogens (tertiary/aromatic N) is 4. The van der Waals surface area contributed by atoms with E-state index in [0.29, 0.717) is 22.4 Å². The van der Waals surface area contributed by atoms with Gasteiger partial charge in [-0.25, -0.2) is 9.79 Å². The molecule has 158 valence electrons. The first kappa shape index (κ1) is 21.1. The zero-order valence-electron chi connectivity index (χ0n) is 17.2. The van der Waals surface area contributed by atoms with E-state index in [9.17, 15) is 14.4 Å². The van der Waals surface area contributed by atoms with Crippen LogP contribution in [-0.2, 0) is 9.59 Å². The van der Waals surface area contributed by atoms with Gasteiger partial charge in [0.15, 0.2) is 5.92 Å². The SMILES string of the molecule is Cc1ccc(NC(=O)CSC2=NC(c3cccs3)=NC3=[N+](C)C(=O)N(C)C(=O)C23)cc1. The number of hydrogen-bond donors (Lipinski definition) is 1. The van der Waals surface area contributed by atoms with E-state index in [0.717, 1.165) is 15.3 Å². The zero-order chi connectivity index (χ0) is 22.1. The molecule has 1 N–H and O–H groups in total. The van der Waals surface area contributed by atoms with E-state index in [1.54, 1.807) is 7.05 Å². The summed E-state index contributed by atoms with van der Waals surface area (Å²) in [7, 11) is 3.02. The highest BCUT2D eigenvalue weighted by atomic mass is 32.2. The summed E-state index contributed by atoms with van der Waals surface area (Å²) in [6.07, 6.45) is 0. The van der Waals surface area contributed by atoms with E-state index < -0.39 is 17.9 Å². The quantitative estimate of drug-likeness (QED) is 0.719. The first-order valence-corrected chi connectivity index (χ1v) is 11.3. The van der Waals surface area contributed by atoms with Gasteiger partial charge in [-0.2, -0.15) is 9.48 Å². The number of fused-ring (bicyclic) bond motifs is 1. The molecule has 10 heteroatoms.